The number of halogens is 1. The molecule has 0 saturated heterocycles. The molecule has 5 nitrogen and oxygen atoms in total. The first-order chi connectivity index (χ1) is 14.1. The number of aliphatic hydroxyl groups is 1. The highest BCUT2D eigenvalue weighted by Crippen LogP contribution is 2.39. The maximum atomic E-state index is 12.3. The van der Waals surface area contributed by atoms with Gasteiger partial charge in [0.2, 0.25) is 0 Å². The van der Waals surface area contributed by atoms with Crippen LogP contribution in [0.4, 0.5) is 0 Å². The van der Waals surface area contributed by atoms with E-state index in [0.717, 1.165) is 26.5 Å². The molecule has 0 unspecified atom stereocenters. The molecule has 146 valence electrons. The van der Waals surface area contributed by atoms with Gasteiger partial charge in [-0.15, -0.1) is 0 Å². The second-order valence-electron chi connectivity index (χ2n) is 6.95. The molecule has 6 heteroatoms. The van der Waals surface area contributed by atoms with Gasteiger partial charge in [0.15, 0.2) is 0 Å². The largest absolute Gasteiger partial charge is 0.381 e. The van der Waals surface area contributed by atoms with Gasteiger partial charge in [0.1, 0.15) is 6.10 Å². The minimum Gasteiger partial charge on any atom is -0.381 e. The number of fused-ring (bicyclic) bond motifs is 1. The van der Waals surface area contributed by atoms with Crippen LogP contribution in [0.15, 0.2) is 89.5 Å². The summed E-state index contributed by atoms with van der Waals surface area (Å²) in [6.45, 7) is 0. The van der Waals surface area contributed by atoms with Gasteiger partial charge < -0.3 is 10.1 Å². The van der Waals surface area contributed by atoms with E-state index in [4.69, 9.17) is 0 Å². The smallest absolute Gasteiger partial charge is 0.253 e. The lowest BCUT2D eigenvalue weighted by atomic mass is 9.81. The fraction of sp³-hybridized carbons (Fsp3) is 0.130. The molecule has 4 rings (SSSR count). The first kappa shape index (κ1) is 19.4. The highest BCUT2D eigenvalue weighted by molar-refractivity contribution is 9.10. The van der Waals surface area contributed by atoms with E-state index < -0.39 is 18.1 Å². The topological polar surface area (TPSA) is 79.2 Å². The third-order valence-corrected chi connectivity index (χ3v) is 5.76. The van der Waals surface area contributed by atoms with Crippen LogP contribution in [-0.4, -0.2) is 21.1 Å². The van der Waals surface area contributed by atoms with E-state index >= 15 is 0 Å². The van der Waals surface area contributed by atoms with E-state index in [-0.39, 0.29) is 4.92 Å². The zero-order chi connectivity index (χ0) is 20.4. The Labute approximate surface area is 176 Å². The number of aromatic amines is 1. The van der Waals surface area contributed by atoms with E-state index in [9.17, 15) is 15.2 Å². The number of nitrogens with one attached hydrogen (secondary N) is 1. The number of hydrogen-bond acceptors (Lipinski definition) is 3. The van der Waals surface area contributed by atoms with E-state index in [0.29, 0.717) is 5.56 Å². The third-order valence-electron chi connectivity index (χ3n) is 5.23. The zero-order valence-corrected chi connectivity index (χ0v) is 17.0. The number of nitrogens with zero attached hydrogens (tertiary/aromatic N) is 1. The van der Waals surface area contributed by atoms with Crippen molar-refractivity contribution in [2.24, 2.45) is 0 Å². The molecule has 0 spiro atoms. The number of nitro groups is 1. The Morgan fingerprint density at radius 2 is 1.55 bits per heavy atom. The molecule has 1 aromatic heterocycles. The predicted molar refractivity (Wildman–Crippen MR) is 116 cm³/mol. The van der Waals surface area contributed by atoms with E-state index in [2.05, 4.69) is 20.9 Å². The predicted octanol–water partition coefficient (Wildman–Crippen LogP) is 5.44. The average molecular weight is 451 g/mol. The summed E-state index contributed by atoms with van der Waals surface area (Å²) in [5, 5.41) is 24.2. The standard InChI is InChI=1S/C23H19BrN2O3/c24-17-12-10-16(11-13-17)23(27)22(26(28)29)21(15-6-2-1-3-7-15)19-14-25-20-9-5-4-8-18(19)20/h1-14,21-23,25,27H/t21-,22-,23-/m1/s1. The zero-order valence-electron chi connectivity index (χ0n) is 15.4. The van der Waals surface area contributed by atoms with Crippen molar-refractivity contribution in [1.29, 1.82) is 0 Å². The Bertz CT molecular complexity index is 1130. The van der Waals surface area contributed by atoms with Crippen molar-refractivity contribution in [3.05, 3.63) is 116 Å². The van der Waals surface area contributed by atoms with E-state index in [1.54, 1.807) is 24.3 Å². The van der Waals surface area contributed by atoms with Crippen molar-refractivity contribution in [1.82, 2.24) is 4.98 Å². The first-order valence-corrected chi connectivity index (χ1v) is 10.0. The summed E-state index contributed by atoms with van der Waals surface area (Å²) in [6.07, 6.45) is 0.546. The van der Waals surface area contributed by atoms with Gasteiger partial charge in [0, 0.05) is 26.5 Å². The maximum Gasteiger partial charge on any atom is 0.253 e. The number of para-hydroxylation sites is 1. The molecule has 0 aliphatic carbocycles. The summed E-state index contributed by atoms with van der Waals surface area (Å²) in [5.41, 5.74) is 3.00. The van der Waals surface area contributed by atoms with Gasteiger partial charge in [0.05, 0.1) is 5.92 Å². The first-order valence-electron chi connectivity index (χ1n) is 9.24. The molecular formula is C23H19BrN2O3. The van der Waals surface area contributed by atoms with Gasteiger partial charge in [-0.1, -0.05) is 76.6 Å². The van der Waals surface area contributed by atoms with Crippen molar-refractivity contribution in [3.8, 4) is 0 Å². The van der Waals surface area contributed by atoms with E-state index in [1.165, 1.54) is 0 Å². The second kappa shape index (κ2) is 8.19. The normalized spacial score (nSPS) is 14.4. The van der Waals surface area contributed by atoms with Gasteiger partial charge >= 0.3 is 0 Å². The Hall–Kier alpha value is -2.96. The molecule has 0 amide bonds. The van der Waals surface area contributed by atoms with Crippen LogP contribution in [0.1, 0.15) is 28.7 Å². The highest BCUT2D eigenvalue weighted by Gasteiger charge is 2.42. The molecule has 0 radical (unpaired) electrons. The second-order valence-corrected chi connectivity index (χ2v) is 7.87. The van der Waals surface area contributed by atoms with Gasteiger partial charge in [-0.25, -0.2) is 0 Å². The van der Waals surface area contributed by atoms with Crippen LogP contribution in [-0.2, 0) is 0 Å². The molecule has 3 aromatic carbocycles. The minimum absolute atomic E-state index is 0.369. The van der Waals surface area contributed by atoms with Crippen molar-refractivity contribution in [3.63, 3.8) is 0 Å². The molecule has 3 atom stereocenters. The van der Waals surface area contributed by atoms with Gasteiger partial charge in [-0.2, -0.15) is 0 Å². The molecule has 2 N–H and O–H groups in total. The van der Waals surface area contributed by atoms with Crippen LogP contribution in [0.25, 0.3) is 10.9 Å². The fourth-order valence-corrected chi connectivity index (χ4v) is 4.11. The van der Waals surface area contributed by atoms with Crippen molar-refractivity contribution in [2.45, 2.75) is 18.1 Å². The fourth-order valence-electron chi connectivity index (χ4n) is 3.85. The molecule has 0 saturated carbocycles. The van der Waals surface area contributed by atoms with Crippen LogP contribution >= 0.6 is 15.9 Å². The number of benzene rings is 3. The minimum atomic E-state index is -1.27. The lowest BCUT2D eigenvalue weighted by molar-refractivity contribution is -0.538. The van der Waals surface area contributed by atoms with Crippen molar-refractivity contribution < 1.29 is 10.0 Å². The molecular weight excluding hydrogens is 432 g/mol. The summed E-state index contributed by atoms with van der Waals surface area (Å²) >= 11 is 3.37. The molecule has 29 heavy (non-hydrogen) atoms. The Kier molecular flexibility index (Phi) is 5.47. The van der Waals surface area contributed by atoms with Crippen LogP contribution in [0.3, 0.4) is 0 Å². The summed E-state index contributed by atoms with van der Waals surface area (Å²) in [6, 6.07) is 22.8. The van der Waals surface area contributed by atoms with Crippen LogP contribution in [0.2, 0.25) is 0 Å². The van der Waals surface area contributed by atoms with Crippen LogP contribution in [0, 0.1) is 10.1 Å². The highest BCUT2D eigenvalue weighted by atomic mass is 79.9. The number of aromatic nitrogens is 1. The summed E-state index contributed by atoms with van der Waals surface area (Å²) < 4.78 is 0.849. The number of rotatable bonds is 6. The quantitative estimate of drug-likeness (QED) is 0.303. The molecule has 4 aromatic rings. The summed E-state index contributed by atoms with van der Waals surface area (Å²) in [7, 11) is 0. The number of aliphatic hydroxyl groups excluding tert-OH is 1. The number of H-pyrrole nitrogens is 1. The molecule has 0 fully saturated rings. The van der Waals surface area contributed by atoms with E-state index in [1.807, 2.05) is 60.8 Å². The summed E-state index contributed by atoms with van der Waals surface area (Å²) in [4.78, 5) is 15.1. The van der Waals surface area contributed by atoms with Crippen LogP contribution < -0.4 is 0 Å². The molecule has 0 bridgehead atoms. The van der Waals surface area contributed by atoms with Gasteiger partial charge in [-0.05, 0) is 34.9 Å². The van der Waals surface area contributed by atoms with Gasteiger partial charge in [-0.3, -0.25) is 10.1 Å². The van der Waals surface area contributed by atoms with Crippen LogP contribution in [0.5, 0.6) is 0 Å². The third kappa shape index (κ3) is 3.81. The van der Waals surface area contributed by atoms with Crippen molar-refractivity contribution >= 4 is 26.8 Å². The molecule has 0 aliphatic heterocycles. The average Bonchev–Trinajstić information content (AvgIpc) is 3.16. The lowest BCUT2D eigenvalue weighted by Crippen LogP contribution is -2.34. The molecule has 0 aliphatic rings. The molecule has 1 heterocycles. The van der Waals surface area contributed by atoms with Crippen molar-refractivity contribution in [2.75, 3.05) is 0 Å². The lowest BCUT2D eigenvalue weighted by Gasteiger charge is -2.25. The monoisotopic (exact) mass is 450 g/mol. The maximum absolute atomic E-state index is 12.3. The van der Waals surface area contributed by atoms with Gasteiger partial charge in [0.25, 0.3) is 6.04 Å². The Morgan fingerprint density at radius 3 is 2.24 bits per heavy atom. The SMILES string of the molecule is O=[N+]([O-])[C@H]([C@H](c1ccccc1)c1c[nH]c2ccccc12)[C@H](O)c1ccc(Br)cc1. The Balaban J connectivity index is 1.88. The summed E-state index contributed by atoms with van der Waals surface area (Å²) in [5.74, 6) is -0.624. The Morgan fingerprint density at radius 1 is 0.897 bits per heavy atom. The number of hydrogen-bond donors (Lipinski definition) is 2.